The van der Waals surface area contributed by atoms with Gasteiger partial charge in [0.15, 0.2) is 11.2 Å². The standard InChI is InChI=1S/C46H28O2/c1-4-14-29(15-5-1)41-33-20-10-12-22-35(33)42(36-23-13-11-21-34(36)41)32-24-27-40-39(28-32)37-25-26-38-43(30-16-6-2-7-17-30)44(31-18-8-3-9-19-31)48-46(38)45(37)47-40/h1-28H/i10D,11D,12D,13D,20D,21D,22D,23D. The third kappa shape index (κ3) is 4.00. The van der Waals surface area contributed by atoms with Gasteiger partial charge in [0, 0.05) is 27.3 Å². The zero-order valence-corrected chi connectivity index (χ0v) is 25.4. The van der Waals surface area contributed by atoms with E-state index in [0.29, 0.717) is 44.6 Å². The maximum absolute atomic E-state index is 9.28. The molecule has 10 rings (SSSR count). The summed E-state index contributed by atoms with van der Waals surface area (Å²) in [6, 6.07) is 35.4. The van der Waals surface area contributed by atoms with Gasteiger partial charge in [-0.1, -0.05) is 145 Å². The highest BCUT2D eigenvalue weighted by atomic mass is 16.4. The van der Waals surface area contributed by atoms with Crippen LogP contribution in [0.25, 0.3) is 99.2 Å². The maximum atomic E-state index is 9.28. The summed E-state index contributed by atoms with van der Waals surface area (Å²) in [6.07, 6.45) is 0. The average molecular weight is 621 g/mol. The van der Waals surface area contributed by atoms with Gasteiger partial charge in [-0.25, -0.2) is 0 Å². The lowest BCUT2D eigenvalue weighted by atomic mass is 9.86. The van der Waals surface area contributed by atoms with Crippen LogP contribution in [0.3, 0.4) is 0 Å². The van der Waals surface area contributed by atoms with Crippen molar-refractivity contribution in [2.75, 3.05) is 0 Å². The smallest absolute Gasteiger partial charge is 0.178 e. The van der Waals surface area contributed by atoms with Gasteiger partial charge < -0.3 is 8.83 Å². The molecule has 0 aliphatic heterocycles. The number of benzene rings is 8. The fraction of sp³-hybridized carbons (Fsp3) is 0. The summed E-state index contributed by atoms with van der Waals surface area (Å²) < 4.78 is 85.1. The molecule has 0 atom stereocenters. The van der Waals surface area contributed by atoms with E-state index in [1.54, 1.807) is 36.4 Å². The van der Waals surface area contributed by atoms with Gasteiger partial charge in [-0.05, 0) is 73.6 Å². The van der Waals surface area contributed by atoms with Crippen molar-refractivity contribution in [3.05, 3.63) is 170 Å². The molecule has 224 valence electrons. The molecular weight excluding hydrogens is 585 g/mol. The first-order chi connectivity index (χ1) is 27.2. The molecule has 0 spiro atoms. The Morgan fingerprint density at radius 3 is 1.42 bits per heavy atom. The zero-order chi connectivity index (χ0) is 38.6. The third-order valence-corrected chi connectivity index (χ3v) is 9.12. The number of furan rings is 2. The number of rotatable bonds is 4. The first kappa shape index (κ1) is 20.0. The van der Waals surface area contributed by atoms with E-state index in [2.05, 4.69) is 0 Å². The van der Waals surface area contributed by atoms with Crippen molar-refractivity contribution >= 4 is 54.5 Å². The van der Waals surface area contributed by atoms with Crippen molar-refractivity contribution in [3.63, 3.8) is 0 Å². The van der Waals surface area contributed by atoms with E-state index in [1.807, 2.05) is 84.9 Å². The Bertz CT molecular complexity index is 3180. The lowest BCUT2D eigenvalue weighted by Crippen LogP contribution is -1.90. The van der Waals surface area contributed by atoms with Gasteiger partial charge in [-0.3, -0.25) is 0 Å². The molecule has 0 aliphatic carbocycles. The summed E-state index contributed by atoms with van der Waals surface area (Å²) in [7, 11) is 0. The predicted molar refractivity (Wildman–Crippen MR) is 200 cm³/mol. The largest absolute Gasteiger partial charge is 0.452 e. The lowest BCUT2D eigenvalue weighted by molar-refractivity contribution is 0.612. The second-order valence-corrected chi connectivity index (χ2v) is 11.8. The first-order valence-corrected chi connectivity index (χ1v) is 15.7. The molecule has 0 amide bonds. The van der Waals surface area contributed by atoms with Crippen LogP contribution >= 0.6 is 0 Å². The summed E-state index contributed by atoms with van der Waals surface area (Å²) in [6.45, 7) is 0. The van der Waals surface area contributed by atoms with Crippen molar-refractivity contribution in [2.45, 2.75) is 0 Å². The van der Waals surface area contributed by atoms with Crippen molar-refractivity contribution in [1.82, 2.24) is 0 Å². The third-order valence-electron chi connectivity index (χ3n) is 9.12. The topological polar surface area (TPSA) is 26.3 Å². The molecule has 0 radical (unpaired) electrons. The van der Waals surface area contributed by atoms with Crippen molar-refractivity contribution in [1.29, 1.82) is 0 Å². The quantitative estimate of drug-likeness (QED) is 0.183. The molecule has 48 heavy (non-hydrogen) atoms. The minimum Gasteiger partial charge on any atom is -0.452 e. The van der Waals surface area contributed by atoms with Gasteiger partial charge in [-0.2, -0.15) is 0 Å². The van der Waals surface area contributed by atoms with E-state index in [9.17, 15) is 5.48 Å². The van der Waals surface area contributed by atoms with Crippen molar-refractivity contribution in [3.8, 4) is 44.7 Å². The van der Waals surface area contributed by atoms with Crippen LogP contribution in [0.4, 0.5) is 0 Å². The Morgan fingerprint density at radius 1 is 0.354 bits per heavy atom. The molecule has 8 aromatic carbocycles. The molecule has 2 heteroatoms. The Labute approximate surface area is 288 Å². The number of fused-ring (bicyclic) bond motifs is 7. The fourth-order valence-corrected chi connectivity index (χ4v) is 7.04. The predicted octanol–water partition coefficient (Wildman–Crippen LogP) is 13.3. The molecular formula is C46H28O2. The second kappa shape index (κ2) is 10.6. The molecule has 0 saturated carbocycles. The summed E-state index contributed by atoms with van der Waals surface area (Å²) >= 11 is 0. The van der Waals surface area contributed by atoms with E-state index in [4.69, 9.17) is 14.3 Å². The van der Waals surface area contributed by atoms with Gasteiger partial charge >= 0.3 is 0 Å². The minimum atomic E-state index is -0.443. The van der Waals surface area contributed by atoms with Gasteiger partial charge in [0.1, 0.15) is 11.3 Å². The Balaban J connectivity index is 1.33. The van der Waals surface area contributed by atoms with Crippen LogP contribution in [0.1, 0.15) is 11.0 Å². The number of hydrogen-bond acceptors (Lipinski definition) is 2. The molecule has 0 unspecified atom stereocenters. The maximum Gasteiger partial charge on any atom is 0.178 e. The molecule has 2 nitrogen and oxygen atoms in total. The van der Waals surface area contributed by atoms with Gasteiger partial charge in [0.25, 0.3) is 0 Å². The molecule has 0 bridgehead atoms. The number of hydrogen-bond donors (Lipinski definition) is 0. The highest BCUT2D eigenvalue weighted by molar-refractivity contribution is 6.23. The molecule has 2 aromatic heterocycles. The SMILES string of the molecule is [2H]c1c([2H])c([2H])c2c(-c3ccc4oc5c(ccc6c(-c7ccccc7)c(-c7ccccc7)oc65)c4c3)c3c([2H])c([2H])c([2H])c([2H])c3c(-c3ccccc3)c2c1[2H]. The fourth-order valence-electron chi connectivity index (χ4n) is 7.04. The van der Waals surface area contributed by atoms with Crippen molar-refractivity contribution < 1.29 is 19.8 Å². The van der Waals surface area contributed by atoms with E-state index in [1.165, 1.54) is 0 Å². The van der Waals surface area contributed by atoms with E-state index >= 15 is 0 Å². The Morgan fingerprint density at radius 2 is 0.833 bits per heavy atom. The molecule has 0 N–H and O–H groups in total. The average Bonchev–Trinajstić information content (AvgIpc) is 3.82. The van der Waals surface area contributed by atoms with Crippen LogP contribution in [0.5, 0.6) is 0 Å². The lowest BCUT2D eigenvalue weighted by Gasteiger charge is -2.17. The van der Waals surface area contributed by atoms with Gasteiger partial charge in [-0.15, -0.1) is 0 Å². The summed E-state index contributed by atoms with van der Waals surface area (Å²) in [4.78, 5) is 0. The van der Waals surface area contributed by atoms with Crippen molar-refractivity contribution in [2.24, 2.45) is 0 Å². The van der Waals surface area contributed by atoms with E-state index < -0.39 is 24.2 Å². The Hall–Kier alpha value is -6.38. The van der Waals surface area contributed by atoms with Crippen LogP contribution in [-0.2, 0) is 0 Å². The van der Waals surface area contributed by atoms with E-state index in [0.717, 1.165) is 27.5 Å². The van der Waals surface area contributed by atoms with Crippen LogP contribution < -0.4 is 0 Å². The second-order valence-electron chi connectivity index (χ2n) is 11.8. The van der Waals surface area contributed by atoms with Crippen LogP contribution in [0, 0.1) is 0 Å². The molecule has 10 aromatic rings. The Kier molecular flexibility index (Phi) is 4.41. The monoisotopic (exact) mass is 620 g/mol. The van der Waals surface area contributed by atoms with Crippen LogP contribution in [0.2, 0.25) is 0 Å². The van der Waals surface area contributed by atoms with Gasteiger partial charge in [0.2, 0.25) is 0 Å². The normalized spacial score (nSPS) is 14.1. The molecule has 0 saturated heterocycles. The summed E-state index contributed by atoms with van der Waals surface area (Å²) in [5.74, 6) is 0.708. The molecule has 2 heterocycles. The van der Waals surface area contributed by atoms with Crippen LogP contribution in [-0.4, -0.2) is 0 Å². The molecule has 0 aliphatic rings. The summed E-state index contributed by atoms with van der Waals surface area (Å²) in [5, 5.41) is 2.99. The molecule has 0 fully saturated rings. The zero-order valence-electron chi connectivity index (χ0n) is 33.4. The highest BCUT2D eigenvalue weighted by Gasteiger charge is 2.23. The highest BCUT2D eigenvalue weighted by Crippen LogP contribution is 2.47. The van der Waals surface area contributed by atoms with Crippen LogP contribution in [0.15, 0.2) is 179 Å². The minimum absolute atomic E-state index is 0.160. The summed E-state index contributed by atoms with van der Waals surface area (Å²) in [5.41, 5.74) is 6.17. The van der Waals surface area contributed by atoms with E-state index in [-0.39, 0.29) is 51.3 Å². The van der Waals surface area contributed by atoms with Gasteiger partial charge in [0.05, 0.1) is 11.0 Å². The first-order valence-electron chi connectivity index (χ1n) is 19.7.